The zero-order chi connectivity index (χ0) is 16.5. The van der Waals surface area contributed by atoms with E-state index in [4.69, 9.17) is 16.3 Å². The molecular formula is C19H14ClN3O. The third kappa shape index (κ3) is 2.41. The SMILES string of the molecule is COc1ccccc1-c1ccnc2c(-c3cccc(Cl)c3)cnn12. The lowest BCUT2D eigenvalue weighted by atomic mass is 10.1. The van der Waals surface area contributed by atoms with Gasteiger partial charge in [-0.2, -0.15) is 5.10 Å². The van der Waals surface area contributed by atoms with Crippen LogP contribution >= 0.6 is 11.6 Å². The Kier molecular flexibility index (Phi) is 3.67. The average Bonchev–Trinajstić information content (AvgIpc) is 3.06. The highest BCUT2D eigenvalue weighted by molar-refractivity contribution is 6.30. The van der Waals surface area contributed by atoms with Gasteiger partial charge in [0.15, 0.2) is 5.65 Å². The van der Waals surface area contributed by atoms with Crippen molar-refractivity contribution in [3.63, 3.8) is 0 Å². The lowest BCUT2D eigenvalue weighted by molar-refractivity contribution is 0.416. The molecule has 0 N–H and O–H groups in total. The first-order chi connectivity index (χ1) is 11.8. The molecule has 4 aromatic rings. The molecule has 0 aliphatic rings. The summed E-state index contributed by atoms with van der Waals surface area (Å²) in [6.07, 6.45) is 3.60. The Morgan fingerprint density at radius 3 is 2.71 bits per heavy atom. The second kappa shape index (κ2) is 5.98. The van der Waals surface area contributed by atoms with Crippen LogP contribution in [0.5, 0.6) is 5.75 Å². The summed E-state index contributed by atoms with van der Waals surface area (Å²) < 4.78 is 7.30. The third-order valence-corrected chi connectivity index (χ3v) is 4.15. The van der Waals surface area contributed by atoms with Crippen LogP contribution in [0, 0.1) is 0 Å². The van der Waals surface area contributed by atoms with E-state index in [1.807, 2.05) is 65.3 Å². The van der Waals surface area contributed by atoms with Crippen LogP contribution in [0.15, 0.2) is 67.0 Å². The van der Waals surface area contributed by atoms with Crippen molar-refractivity contribution in [3.05, 3.63) is 72.0 Å². The highest BCUT2D eigenvalue weighted by atomic mass is 35.5. The highest BCUT2D eigenvalue weighted by Gasteiger charge is 2.14. The van der Waals surface area contributed by atoms with Crippen LogP contribution in [-0.2, 0) is 0 Å². The van der Waals surface area contributed by atoms with E-state index in [2.05, 4.69) is 10.1 Å². The minimum Gasteiger partial charge on any atom is -0.496 e. The van der Waals surface area contributed by atoms with Gasteiger partial charge in [-0.15, -0.1) is 0 Å². The molecule has 2 aromatic carbocycles. The summed E-state index contributed by atoms with van der Waals surface area (Å²) in [5.41, 5.74) is 4.59. The summed E-state index contributed by atoms with van der Waals surface area (Å²) in [7, 11) is 1.66. The van der Waals surface area contributed by atoms with Gasteiger partial charge in [0.1, 0.15) is 5.75 Å². The maximum Gasteiger partial charge on any atom is 0.163 e. The molecule has 2 aromatic heterocycles. The van der Waals surface area contributed by atoms with E-state index in [9.17, 15) is 0 Å². The van der Waals surface area contributed by atoms with Gasteiger partial charge in [-0.3, -0.25) is 0 Å². The zero-order valence-electron chi connectivity index (χ0n) is 13.0. The van der Waals surface area contributed by atoms with Crippen molar-refractivity contribution in [1.82, 2.24) is 14.6 Å². The fourth-order valence-electron chi connectivity index (χ4n) is 2.81. The van der Waals surface area contributed by atoms with Crippen LogP contribution in [0.4, 0.5) is 0 Å². The quantitative estimate of drug-likeness (QED) is 0.543. The third-order valence-electron chi connectivity index (χ3n) is 3.92. The first-order valence-corrected chi connectivity index (χ1v) is 7.88. The predicted octanol–water partition coefficient (Wildman–Crippen LogP) is 4.73. The fraction of sp³-hybridized carbons (Fsp3) is 0.0526. The number of benzene rings is 2. The summed E-state index contributed by atoms with van der Waals surface area (Å²) in [5.74, 6) is 0.796. The number of hydrogen-bond donors (Lipinski definition) is 0. The number of aromatic nitrogens is 3. The molecule has 118 valence electrons. The lowest BCUT2D eigenvalue weighted by Crippen LogP contribution is -1.97. The number of nitrogens with zero attached hydrogens (tertiary/aromatic N) is 3. The molecule has 0 spiro atoms. The second-order valence-corrected chi connectivity index (χ2v) is 5.77. The Hall–Kier alpha value is -2.85. The number of ether oxygens (including phenoxy) is 1. The van der Waals surface area contributed by atoms with Crippen molar-refractivity contribution in [1.29, 1.82) is 0 Å². The summed E-state index contributed by atoms with van der Waals surface area (Å²) in [6.45, 7) is 0. The highest BCUT2D eigenvalue weighted by Crippen LogP contribution is 2.32. The normalized spacial score (nSPS) is 10.9. The number of hydrogen-bond acceptors (Lipinski definition) is 3. The Bertz CT molecular complexity index is 1030. The topological polar surface area (TPSA) is 39.4 Å². The molecule has 4 nitrogen and oxygen atoms in total. The molecule has 5 heteroatoms. The van der Waals surface area contributed by atoms with Crippen molar-refractivity contribution in [3.8, 4) is 28.1 Å². The molecule has 0 atom stereocenters. The molecule has 0 saturated carbocycles. The van der Waals surface area contributed by atoms with Gasteiger partial charge in [-0.1, -0.05) is 35.9 Å². The largest absolute Gasteiger partial charge is 0.496 e. The first-order valence-electron chi connectivity index (χ1n) is 7.50. The monoisotopic (exact) mass is 335 g/mol. The van der Waals surface area contributed by atoms with Crippen LogP contribution < -0.4 is 4.74 Å². The molecule has 24 heavy (non-hydrogen) atoms. The van der Waals surface area contributed by atoms with E-state index in [1.54, 1.807) is 13.3 Å². The smallest absolute Gasteiger partial charge is 0.163 e. The Labute approximate surface area is 144 Å². The molecular weight excluding hydrogens is 322 g/mol. The summed E-state index contributed by atoms with van der Waals surface area (Å²) in [4.78, 5) is 4.51. The van der Waals surface area contributed by atoms with Gasteiger partial charge < -0.3 is 4.74 Å². The maximum atomic E-state index is 6.12. The van der Waals surface area contributed by atoms with Crippen LogP contribution in [0.3, 0.4) is 0 Å². The fourth-order valence-corrected chi connectivity index (χ4v) is 3.00. The number of halogens is 1. The molecule has 0 aliphatic heterocycles. The minimum absolute atomic E-state index is 0.688. The Balaban J connectivity index is 1.94. The van der Waals surface area contributed by atoms with E-state index in [0.29, 0.717) is 5.02 Å². The van der Waals surface area contributed by atoms with Gasteiger partial charge in [-0.05, 0) is 35.9 Å². The van der Waals surface area contributed by atoms with Crippen LogP contribution in [0.1, 0.15) is 0 Å². The van der Waals surface area contributed by atoms with Crippen molar-refractivity contribution in [2.75, 3.05) is 7.11 Å². The van der Waals surface area contributed by atoms with Crippen LogP contribution in [0.25, 0.3) is 28.0 Å². The number of para-hydroxylation sites is 1. The van der Waals surface area contributed by atoms with E-state index in [-0.39, 0.29) is 0 Å². The molecule has 0 amide bonds. The first kappa shape index (κ1) is 14.7. The molecule has 0 radical (unpaired) electrons. The molecule has 4 rings (SSSR count). The molecule has 0 fully saturated rings. The average molecular weight is 336 g/mol. The van der Waals surface area contributed by atoms with Crippen LogP contribution in [0.2, 0.25) is 5.02 Å². The van der Waals surface area contributed by atoms with Gasteiger partial charge in [0.25, 0.3) is 0 Å². The summed E-state index contributed by atoms with van der Waals surface area (Å²) in [6, 6.07) is 17.5. The standard InChI is InChI=1S/C19H14ClN3O/c1-24-18-8-3-2-7-15(18)17-9-10-21-19-16(12-22-23(17)19)13-5-4-6-14(20)11-13/h2-12H,1H3. The lowest BCUT2D eigenvalue weighted by Gasteiger charge is -2.09. The van der Waals surface area contributed by atoms with Crippen molar-refractivity contribution >= 4 is 17.2 Å². The van der Waals surface area contributed by atoms with E-state index >= 15 is 0 Å². The number of methoxy groups -OCH3 is 1. The van der Waals surface area contributed by atoms with Gasteiger partial charge in [0.2, 0.25) is 0 Å². The second-order valence-electron chi connectivity index (χ2n) is 5.33. The molecule has 2 heterocycles. The molecule has 0 aliphatic carbocycles. The minimum atomic E-state index is 0.688. The predicted molar refractivity (Wildman–Crippen MR) is 95.4 cm³/mol. The summed E-state index contributed by atoms with van der Waals surface area (Å²) in [5, 5.41) is 5.22. The van der Waals surface area contributed by atoms with Crippen molar-refractivity contribution in [2.45, 2.75) is 0 Å². The van der Waals surface area contributed by atoms with E-state index in [1.165, 1.54) is 0 Å². The molecule has 0 unspecified atom stereocenters. The van der Waals surface area contributed by atoms with Gasteiger partial charge in [0.05, 0.1) is 19.0 Å². The number of rotatable bonds is 3. The van der Waals surface area contributed by atoms with Gasteiger partial charge in [0, 0.05) is 22.3 Å². The Morgan fingerprint density at radius 1 is 1.00 bits per heavy atom. The van der Waals surface area contributed by atoms with E-state index in [0.717, 1.165) is 33.8 Å². The van der Waals surface area contributed by atoms with Crippen LogP contribution in [-0.4, -0.2) is 21.7 Å². The maximum absolute atomic E-state index is 6.12. The van der Waals surface area contributed by atoms with Gasteiger partial charge >= 0.3 is 0 Å². The van der Waals surface area contributed by atoms with Gasteiger partial charge in [-0.25, -0.2) is 9.50 Å². The van der Waals surface area contributed by atoms with Crippen molar-refractivity contribution in [2.24, 2.45) is 0 Å². The van der Waals surface area contributed by atoms with Crippen molar-refractivity contribution < 1.29 is 4.74 Å². The van der Waals surface area contributed by atoms with E-state index < -0.39 is 0 Å². The molecule has 0 saturated heterocycles. The molecule has 0 bridgehead atoms. The Morgan fingerprint density at radius 2 is 1.88 bits per heavy atom. The number of fused-ring (bicyclic) bond motifs is 1. The summed E-state index contributed by atoms with van der Waals surface area (Å²) >= 11 is 6.12. The zero-order valence-corrected chi connectivity index (χ0v) is 13.7.